The fourth-order valence-corrected chi connectivity index (χ4v) is 1.81. The number of hydrogen-bond acceptors (Lipinski definition) is 0. The van der Waals surface area contributed by atoms with Crippen LogP contribution < -0.4 is 0 Å². The van der Waals surface area contributed by atoms with Gasteiger partial charge in [-0.1, -0.05) is 59.8 Å². The van der Waals surface area contributed by atoms with Crippen molar-refractivity contribution in [2.45, 2.75) is 61.8 Å². The first-order chi connectivity index (χ1) is 33.3. The molecule has 0 aliphatic rings. The van der Waals surface area contributed by atoms with Gasteiger partial charge in [0.05, 0.1) is 0 Å². The molecule has 0 heterocycles. The van der Waals surface area contributed by atoms with E-state index in [2.05, 4.69) is 385 Å². The molecule has 0 atom stereocenters. The van der Waals surface area contributed by atoms with E-state index in [0.29, 0.717) is 5.41 Å². The number of hydrogen-bond donors (Lipinski definition) is 0. The molecule has 0 saturated heterocycles. The summed E-state index contributed by atoms with van der Waals surface area (Å²) in [5, 5.41) is 0. The van der Waals surface area contributed by atoms with E-state index >= 15 is 0 Å². The Bertz CT molecular complexity index is 3640. The highest BCUT2D eigenvalue weighted by molar-refractivity contribution is 5.51. The Kier molecular flexibility index (Phi) is 49.3. The van der Waals surface area contributed by atoms with E-state index in [1.165, 1.54) is 6.42 Å². The molecule has 0 nitrogen and oxygen atoms in total. The van der Waals surface area contributed by atoms with Gasteiger partial charge < -0.3 is 0 Å². The minimum absolute atomic E-state index is 0.500. The summed E-state index contributed by atoms with van der Waals surface area (Å²) >= 11 is 0. The maximum Gasteiger partial charge on any atom is 0 e. The first-order valence-electron chi connectivity index (χ1n) is 18.7. The lowest BCUT2D eigenvalue weighted by molar-refractivity contribution is 0.469. The zero-order valence-electron chi connectivity index (χ0n) is 38.2. The van der Waals surface area contributed by atoms with Crippen LogP contribution in [0.5, 0.6) is 0 Å². The SMILES string of the molecule is CC#CC#CC#CC#CC#CC#CC#CC#CC#CC#CC#CC#CC#CC#CC#CC#CC#CC#CC#CC#CC#CC#CC#CC#CC#CC#CC#CC#CC#CC.CC(C)(C)C.CCC. The molecule has 0 fully saturated rings. The molecule has 0 radical (unpaired) electrons. The molecule has 68 heavy (non-hydrogen) atoms. The quantitative estimate of drug-likeness (QED) is 0.314. The molecule has 0 rings (SSSR count). The van der Waals surface area contributed by atoms with E-state index in [-0.39, 0.29) is 0 Å². The Labute approximate surface area is 408 Å². The Hall–Kier alpha value is -12.8. The molecular formula is C68H26. The van der Waals surface area contributed by atoms with Crippen molar-refractivity contribution in [2.24, 2.45) is 5.41 Å². The summed E-state index contributed by atoms with van der Waals surface area (Å²) in [4.78, 5) is 0. The summed E-state index contributed by atoms with van der Waals surface area (Å²) in [5.41, 5.74) is 0.500. The lowest BCUT2D eigenvalue weighted by Crippen LogP contribution is -1.93. The smallest absolute Gasteiger partial charge is 0 e. The van der Waals surface area contributed by atoms with Gasteiger partial charge in [0.15, 0.2) is 0 Å². The molecule has 0 aliphatic heterocycles. The van der Waals surface area contributed by atoms with E-state index in [4.69, 9.17) is 0 Å². The molecule has 0 bridgehead atoms. The van der Waals surface area contributed by atoms with Crippen LogP contribution in [-0.2, 0) is 0 Å². The second kappa shape index (κ2) is 56.3. The van der Waals surface area contributed by atoms with E-state index in [9.17, 15) is 0 Å². The van der Waals surface area contributed by atoms with Crippen molar-refractivity contribution in [3.8, 4) is 343 Å². The van der Waals surface area contributed by atoms with Gasteiger partial charge in [-0.3, -0.25) is 0 Å². The molecule has 0 N–H and O–H groups in total. The average Bonchev–Trinajstić information content (AvgIpc) is 3.31. The lowest BCUT2D eigenvalue weighted by atomic mass is 10.0. The van der Waals surface area contributed by atoms with Gasteiger partial charge in [0, 0.05) is 237 Å². The first-order valence-corrected chi connectivity index (χ1v) is 18.7. The molecule has 0 aromatic rings. The Morgan fingerprint density at radius 3 is 0.250 bits per heavy atom. The summed E-state index contributed by atoms with van der Waals surface area (Å²) in [7, 11) is 0. The van der Waals surface area contributed by atoms with Crippen molar-refractivity contribution in [1.82, 2.24) is 0 Å². The van der Waals surface area contributed by atoms with Crippen LogP contribution in [0.3, 0.4) is 0 Å². The highest BCUT2D eigenvalue weighted by Crippen LogP contribution is 2.08. The molecule has 0 amide bonds. The van der Waals surface area contributed by atoms with Crippen molar-refractivity contribution in [3.05, 3.63) is 0 Å². The Morgan fingerprint density at radius 1 is 0.162 bits per heavy atom. The minimum atomic E-state index is 0.500. The minimum Gasteiger partial charge on any atom is -0.0925 e. The standard InChI is InChI=1S/C60H6.C5H12.C3H8/c1-3-5-7-9-11-13-15-17-19-21-23-25-27-29-31-33-35-37-39-41-43-45-47-49-51-53-55-57-59-60-58-56-54-52-50-48-46-44-42-40-38-36-34-32-30-28-26-24-22-20-18-16-14-12-10-8-6-4-2;1-5(2,3)4;1-3-2/h1-2H3;1-4H3;3H2,1-2H3. The summed E-state index contributed by atoms with van der Waals surface area (Å²) in [6.45, 7) is 16.4. The first kappa shape index (κ1) is 59.6. The predicted molar refractivity (Wildman–Crippen MR) is 278 cm³/mol. The molecule has 0 heteroatoms. The molecule has 0 saturated carbocycles. The highest BCUT2D eigenvalue weighted by Gasteiger charge is 1.95. The van der Waals surface area contributed by atoms with Crippen molar-refractivity contribution in [2.75, 3.05) is 0 Å². The van der Waals surface area contributed by atoms with Gasteiger partial charge in [-0.25, -0.2) is 0 Å². The molecule has 0 spiro atoms. The predicted octanol–water partition coefficient (Wildman–Crippen LogP) is 4.59. The topological polar surface area (TPSA) is 0 Å². The fraction of sp³-hybridized carbons (Fsp3) is 0.147. The molecular weight excluding hydrogens is 817 g/mol. The van der Waals surface area contributed by atoms with Crippen molar-refractivity contribution >= 4 is 0 Å². The van der Waals surface area contributed by atoms with Crippen molar-refractivity contribution in [3.63, 3.8) is 0 Å². The van der Waals surface area contributed by atoms with Crippen LogP contribution in [0, 0.1) is 349 Å². The van der Waals surface area contributed by atoms with Crippen LogP contribution >= 0.6 is 0 Å². The molecule has 0 unspecified atom stereocenters. The van der Waals surface area contributed by atoms with Crippen LogP contribution in [0.25, 0.3) is 0 Å². The third-order valence-electron chi connectivity index (χ3n) is 3.69. The maximum absolute atomic E-state index is 2.63. The van der Waals surface area contributed by atoms with Crippen LogP contribution in [0.2, 0.25) is 0 Å². The third kappa shape index (κ3) is 74.2. The average molecular weight is 843 g/mol. The number of rotatable bonds is 0. The van der Waals surface area contributed by atoms with Crippen LogP contribution in [0.4, 0.5) is 0 Å². The van der Waals surface area contributed by atoms with Gasteiger partial charge in [-0.05, 0) is 114 Å². The zero-order valence-corrected chi connectivity index (χ0v) is 38.2. The van der Waals surface area contributed by atoms with Crippen LogP contribution in [-0.4, -0.2) is 0 Å². The summed E-state index contributed by atoms with van der Waals surface area (Å²) in [6.07, 6.45) is 1.25. The summed E-state index contributed by atoms with van der Waals surface area (Å²) in [6, 6.07) is 0. The molecule has 0 aromatic carbocycles. The van der Waals surface area contributed by atoms with Gasteiger partial charge in [-0.2, -0.15) is 0 Å². The monoisotopic (exact) mass is 842 g/mol. The molecule has 0 aromatic heterocycles. The maximum atomic E-state index is 2.63. The van der Waals surface area contributed by atoms with E-state index in [1.54, 1.807) is 13.8 Å². The summed E-state index contributed by atoms with van der Waals surface area (Å²) < 4.78 is 0. The van der Waals surface area contributed by atoms with Gasteiger partial charge in [0.25, 0.3) is 0 Å². The second-order valence-electron chi connectivity index (χ2n) is 11.2. The van der Waals surface area contributed by atoms with Crippen LogP contribution in [0.15, 0.2) is 0 Å². The van der Waals surface area contributed by atoms with Gasteiger partial charge >= 0.3 is 0 Å². The van der Waals surface area contributed by atoms with Gasteiger partial charge in [0.2, 0.25) is 0 Å². The van der Waals surface area contributed by atoms with Crippen LogP contribution in [0.1, 0.15) is 61.8 Å². The largest absolute Gasteiger partial charge is 0.0925 e. The second-order valence-corrected chi connectivity index (χ2v) is 11.2. The normalized spacial score (nSPS) is 4.65. The molecule has 0 aliphatic carbocycles. The van der Waals surface area contributed by atoms with Crippen molar-refractivity contribution in [1.29, 1.82) is 0 Å². The van der Waals surface area contributed by atoms with E-state index in [0.717, 1.165) is 0 Å². The van der Waals surface area contributed by atoms with Gasteiger partial charge in [0.1, 0.15) is 0 Å². The Balaban J connectivity index is -0.00000486. The summed E-state index contributed by atoms with van der Waals surface area (Å²) in [5.74, 6) is 146. The highest BCUT2D eigenvalue weighted by atomic mass is 14.0. The van der Waals surface area contributed by atoms with E-state index < -0.39 is 0 Å². The third-order valence-corrected chi connectivity index (χ3v) is 3.69. The molecule has 298 valence electrons. The van der Waals surface area contributed by atoms with E-state index in [1.807, 2.05) is 0 Å². The Morgan fingerprint density at radius 2 is 0.206 bits per heavy atom. The fourth-order valence-electron chi connectivity index (χ4n) is 1.81. The van der Waals surface area contributed by atoms with Gasteiger partial charge in [-0.15, -0.1) is 0 Å². The lowest BCUT2D eigenvalue weighted by Gasteiger charge is -2.05. The van der Waals surface area contributed by atoms with Crippen molar-refractivity contribution < 1.29 is 0 Å². The zero-order chi connectivity index (χ0) is 50.2.